The van der Waals surface area contributed by atoms with Crippen molar-refractivity contribution in [3.05, 3.63) is 59.2 Å². The van der Waals surface area contributed by atoms with E-state index in [1.807, 2.05) is 61.2 Å². The van der Waals surface area contributed by atoms with Crippen molar-refractivity contribution < 1.29 is 19.1 Å². The number of benzene rings is 2. The van der Waals surface area contributed by atoms with Gasteiger partial charge in [0, 0.05) is 19.1 Å². The van der Waals surface area contributed by atoms with Crippen LogP contribution < -0.4 is 14.8 Å². The van der Waals surface area contributed by atoms with Gasteiger partial charge in [0.1, 0.15) is 11.5 Å². The molecule has 0 saturated carbocycles. The van der Waals surface area contributed by atoms with Crippen LogP contribution in [0.3, 0.4) is 0 Å². The van der Waals surface area contributed by atoms with Crippen molar-refractivity contribution in [1.29, 1.82) is 0 Å². The Morgan fingerprint density at radius 3 is 2.45 bits per heavy atom. The lowest BCUT2D eigenvalue weighted by molar-refractivity contribution is -0.134. The molecule has 0 aromatic heterocycles. The number of carbonyl (C=O) groups is 2. The molecule has 166 valence electrons. The van der Waals surface area contributed by atoms with E-state index < -0.39 is 0 Å². The van der Waals surface area contributed by atoms with Gasteiger partial charge in [-0.15, -0.1) is 0 Å². The first-order valence-electron chi connectivity index (χ1n) is 10.9. The van der Waals surface area contributed by atoms with Crippen LogP contribution in [0, 0.1) is 13.8 Å². The normalized spacial score (nSPS) is 14.2. The first kappa shape index (κ1) is 22.7. The molecule has 2 aromatic rings. The average molecular weight is 425 g/mol. The maximum absolute atomic E-state index is 12.5. The minimum absolute atomic E-state index is 0.00762. The fourth-order valence-electron chi connectivity index (χ4n) is 3.66. The second-order valence-corrected chi connectivity index (χ2v) is 8.01. The Kier molecular flexibility index (Phi) is 7.93. The van der Waals surface area contributed by atoms with Gasteiger partial charge in [0.15, 0.2) is 13.2 Å². The molecular weight excluding hydrogens is 392 g/mol. The van der Waals surface area contributed by atoms with Gasteiger partial charge in [-0.05, 0) is 68.0 Å². The van der Waals surface area contributed by atoms with Gasteiger partial charge in [0.05, 0.1) is 0 Å². The first-order valence-corrected chi connectivity index (χ1v) is 10.9. The Bertz CT molecular complexity index is 904. The highest BCUT2D eigenvalue weighted by molar-refractivity contribution is 5.79. The molecule has 0 bridgehead atoms. The van der Waals surface area contributed by atoms with E-state index in [9.17, 15) is 9.59 Å². The number of hydrogen-bond acceptors (Lipinski definition) is 4. The predicted molar refractivity (Wildman–Crippen MR) is 120 cm³/mol. The zero-order valence-corrected chi connectivity index (χ0v) is 18.6. The lowest BCUT2D eigenvalue weighted by Gasteiger charge is -2.32. The third-order valence-electron chi connectivity index (χ3n) is 5.77. The molecule has 1 aliphatic heterocycles. The van der Waals surface area contributed by atoms with E-state index >= 15 is 0 Å². The molecule has 2 amide bonds. The summed E-state index contributed by atoms with van der Waals surface area (Å²) in [6, 6.07) is 13.7. The summed E-state index contributed by atoms with van der Waals surface area (Å²) < 4.78 is 11.4. The van der Waals surface area contributed by atoms with Crippen molar-refractivity contribution >= 4 is 11.8 Å². The number of para-hydroxylation sites is 1. The lowest BCUT2D eigenvalue weighted by atomic mass is 10.1. The van der Waals surface area contributed by atoms with Gasteiger partial charge in [-0.1, -0.05) is 31.2 Å². The van der Waals surface area contributed by atoms with E-state index in [1.54, 1.807) is 0 Å². The number of amides is 2. The van der Waals surface area contributed by atoms with Gasteiger partial charge in [-0.25, -0.2) is 0 Å². The number of aryl methyl sites for hydroxylation is 3. The number of rotatable bonds is 8. The molecule has 0 spiro atoms. The number of carbonyl (C=O) groups excluding carboxylic acids is 2. The van der Waals surface area contributed by atoms with E-state index in [-0.39, 0.29) is 31.1 Å². The Morgan fingerprint density at radius 2 is 1.74 bits per heavy atom. The summed E-state index contributed by atoms with van der Waals surface area (Å²) >= 11 is 0. The monoisotopic (exact) mass is 424 g/mol. The number of piperidine rings is 1. The molecule has 0 radical (unpaired) electrons. The van der Waals surface area contributed by atoms with Gasteiger partial charge in [-0.3, -0.25) is 9.59 Å². The Labute approximate surface area is 184 Å². The third kappa shape index (κ3) is 6.48. The van der Waals surface area contributed by atoms with E-state index in [0.29, 0.717) is 18.8 Å². The van der Waals surface area contributed by atoms with E-state index in [0.717, 1.165) is 36.1 Å². The summed E-state index contributed by atoms with van der Waals surface area (Å²) in [5.41, 5.74) is 3.43. The molecule has 1 aliphatic rings. The molecule has 1 saturated heterocycles. The highest BCUT2D eigenvalue weighted by Gasteiger charge is 2.24. The summed E-state index contributed by atoms with van der Waals surface area (Å²) in [6.07, 6.45) is 2.32. The minimum atomic E-state index is -0.137. The highest BCUT2D eigenvalue weighted by Crippen LogP contribution is 2.19. The molecule has 1 N–H and O–H groups in total. The van der Waals surface area contributed by atoms with E-state index in [2.05, 4.69) is 12.2 Å². The Morgan fingerprint density at radius 1 is 1.00 bits per heavy atom. The number of hydrogen-bond donors (Lipinski definition) is 1. The zero-order valence-electron chi connectivity index (χ0n) is 18.6. The predicted octanol–water partition coefficient (Wildman–Crippen LogP) is 3.43. The van der Waals surface area contributed by atoms with Crippen molar-refractivity contribution in [2.45, 2.75) is 46.1 Å². The van der Waals surface area contributed by atoms with Crippen LogP contribution in [-0.2, 0) is 16.0 Å². The maximum atomic E-state index is 12.5. The highest BCUT2D eigenvalue weighted by atomic mass is 16.5. The average Bonchev–Trinajstić information content (AvgIpc) is 2.79. The Balaban J connectivity index is 1.38. The molecule has 0 atom stereocenters. The van der Waals surface area contributed by atoms with Crippen LogP contribution in [0.1, 0.15) is 36.5 Å². The largest absolute Gasteiger partial charge is 0.484 e. The maximum Gasteiger partial charge on any atom is 0.260 e. The van der Waals surface area contributed by atoms with Crippen LogP contribution in [0.2, 0.25) is 0 Å². The summed E-state index contributed by atoms with van der Waals surface area (Å²) in [4.78, 5) is 26.5. The third-order valence-corrected chi connectivity index (χ3v) is 5.77. The van der Waals surface area contributed by atoms with Gasteiger partial charge < -0.3 is 19.7 Å². The zero-order chi connectivity index (χ0) is 22.2. The van der Waals surface area contributed by atoms with E-state index in [1.165, 1.54) is 5.56 Å². The van der Waals surface area contributed by atoms with Gasteiger partial charge in [0.25, 0.3) is 11.8 Å². The van der Waals surface area contributed by atoms with Crippen molar-refractivity contribution in [3.8, 4) is 11.5 Å². The molecule has 1 fully saturated rings. The lowest BCUT2D eigenvalue weighted by Crippen LogP contribution is -2.48. The topological polar surface area (TPSA) is 67.9 Å². The molecule has 3 rings (SSSR count). The molecule has 31 heavy (non-hydrogen) atoms. The fourth-order valence-corrected chi connectivity index (χ4v) is 3.66. The second kappa shape index (κ2) is 10.8. The summed E-state index contributed by atoms with van der Waals surface area (Å²) in [5, 5.41) is 3.01. The number of likely N-dealkylation sites (tertiary alicyclic amines) is 1. The molecule has 0 aliphatic carbocycles. The molecule has 6 heteroatoms. The summed E-state index contributed by atoms with van der Waals surface area (Å²) in [6.45, 7) is 7.38. The van der Waals surface area contributed by atoms with E-state index in [4.69, 9.17) is 9.47 Å². The first-order chi connectivity index (χ1) is 15.0. The van der Waals surface area contributed by atoms with Crippen LogP contribution >= 0.6 is 0 Å². The summed E-state index contributed by atoms with van der Waals surface area (Å²) in [5.74, 6) is 1.31. The van der Waals surface area contributed by atoms with Crippen LogP contribution in [0.25, 0.3) is 0 Å². The molecule has 1 heterocycles. The minimum Gasteiger partial charge on any atom is -0.484 e. The number of ether oxygens (including phenoxy) is 2. The number of nitrogens with zero attached hydrogens (tertiary/aromatic N) is 1. The van der Waals surface area contributed by atoms with Crippen LogP contribution in [-0.4, -0.2) is 49.1 Å². The molecule has 0 unspecified atom stereocenters. The van der Waals surface area contributed by atoms with Crippen molar-refractivity contribution in [3.63, 3.8) is 0 Å². The SMILES string of the molecule is CCc1ccccc1OCC(=O)N1CCC(NC(=O)COc2ccc(C)c(C)c2)CC1. The van der Waals surface area contributed by atoms with Gasteiger partial charge in [0.2, 0.25) is 0 Å². The van der Waals surface area contributed by atoms with Crippen LogP contribution in [0.15, 0.2) is 42.5 Å². The van der Waals surface area contributed by atoms with Gasteiger partial charge in [-0.2, -0.15) is 0 Å². The smallest absolute Gasteiger partial charge is 0.260 e. The van der Waals surface area contributed by atoms with Crippen molar-refractivity contribution in [1.82, 2.24) is 10.2 Å². The van der Waals surface area contributed by atoms with Crippen LogP contribution in [0.4, 0.5) is 0 Å². The van der Waals surface area contributed by atoms with Gasteiger partial charge >= 0.3 is 0 Å². The molecular formula is C25H32N2O4. The quantitative estimate of drug-likeness (QED) is 0.705. The molecule has 6 nitrogen and oxygen atoms in total. The second-order valence-electron chi connectivity index (χ2n) is 8.01. The van der Waals surface area contributed by atoms with Crippen LogP contribution in [0.5, 0.6) is 11.5 Å². The van der Waals surface area contributed by atoms with Crippen molar-refractivity contribution in [2.75, 3.05) is 26.3 Å². The molecule has 2 aromatic carbocycles. The standard InChI is InChI=1S/C25H32N2O4/c1-4-20-7-5-6-8-23(20)31-17-25(29)27-13-11-21(12-14-27)26-24(28)16-30-22-10-9-18(2)19(3)15-22/h5-10,15,21H,4,11-14,16-17H2,1-3H3,(H,26,28). The van der Waals surface area contributed by atoms with Crippen molar-refractivity contribution in [2.24, 2.45) is 0 Å². The summed E-state index contributed by atoms with van der Waals surface area (Å²) in [7, 11) is 0. The Hall–Kier alpha value is -3.02. The number of nitrogens with one attached hydrogen (secondary N) is 1. The fraction of sp³-hybridized carbons (Fsp3) is 0.440.